The highest BCUT2D eigenvalue weighted by Gasteiger charge is 2.27. The van der Waals surface area contributed by atoms with Crippen molar-refractivity contribution in [1.82, 2.24) is 10.3 Å². The first-order chi connectivity index (χ1) is 14.7. The highest BCUT2D eigenvalue weighted by atomic mass is 16.5. The Hall–Kier alpha value is -2.66. The number of carbonyl (C=O) groups excluding carboxylic acids is 1. The van der Waals surface area contributed by atoms with E-state index in [0.717, 1.165) is 62.1 Å². The summed E-state index contributed by atoms with van der Waals surface area (Å²) in [5, 5.41) is 2.91. The molecule has 0 fully saturated rings. The van der Waals surface area contributed by atoms with Crippen LogP contribution in [0.25, 0.3) is 11.1 Å². The standard InChI is InChI=1S/C25H30N2O3/c1-18(28)26-15-14-21-11-10-20-12-13-22-25(24(20)21)30-23(27-22)9-5-6-16-29-17-19-7-3-2-4-8-19/h2-4,7-8,12-13,21H,5-6,9-11,14-17H2,1H3,(H,26,28). The van der Waals surface area contributed by atoms with Crippen molar-refractivity contribution in [3.63, 3.8) is 0 Å². The van der Waals surface area contributed by atoms with Crippen LogP contribution in [-0.4, -0.2) is 24.0 Å². The zero-order valence-electron chi connectivity index (χ0n) is 17.7. The number of aromatic nitrogens is 1. The van der Waals surface area contributed by atoms with Gasteiger partial charge in [-0.1, -0.05) is 36.4 Å². The summed E-state index contributed by atoms with van der Waals surface area (Å²) < 4.78 is 12.0. The summed E-state index contributed by atoms with van der Waals surface area (Å²) in [6, 6.07) is 14.5. The van der Waals surface area contributed by atoms with E-state index < -0.39 is 0 Å². The van der Waals surface area contributed by atoms with Gasteiger partial charge in [0.05, 0.1) is 6.61 Å². The van der Waals surface area contributed by atoms with Crippen LogP contribution in [0.5, 0.6) is 0 Å². The number of benzene rings is 2. The average Bonchev–Trinajstić information content (AvgIpc) is 3.34. The van der Waals surface area contributed by atoms with Crippen molar-refractivity contribution in [3.05, 3.63) is 65.0 Å². The molecule has 0 aliphatic heterocycles. The number of fused-ring (bicyclic) bond motifs is 3. The topological polar surface area (TPSA) is 64.4 Å². The Morgan fingerprint density at radius 3 is 2.90 bits per heavy atom. The number of amides is 1. The summed E-state index contributed by atoms with van der Waals surface area (Å²) in [5.74, 6) is 1.28. The lowest BCUT2D eigenvalue weighted by Crippen LogP contribution is -2.22. The quantitative estimate of drug-likeness (QED) is 0.485. The van der Waals surface area contributed by atoms with Crippen molar-refractivity contribution in [1.29, 1.82) is 0 Å². The molecule has 5 nitrogen and oxygen atoms in total. The fourth-order valence-electron chi connectivity index (χ4n) is 4.30. The molecule has 30 heavy (non-hydrogen) atoms. The van der Waals surface area contributed by atoms with Gasteiger partial charge in [-0.15, -0.1) is 0 Å². The minimum Gasteiger partial charge on any atom is -0.440 e. The van der Waals surface area contributed by atoms with Crippen LogP contribution < -0.4 is 5.32 Å². The van der Waals surface area contributed by atoms with Gasteiger partial charge in [0, 0.05) is 32.1 Å². The molecule has 1 atom stereocenters. The summed E-state index contributed by atoms with van der Waals surface area (Å²) in [6.07, 6.45) is 5.95. The summed E-state index contributed by atoms with van der Waals surface area (Å²) >= 11 is 0. The minimum absolute atomic E-state index is 0.0288. The second-order valence-electron chi connectivity index (χ2n) is 8.10. The van der Waals surface area contributed by atoms with Crippen molar-refractivity contribution in [3.8, 4) is 0 Å². The molecule has 2 aromatic carbocycles. The van der Waals surface area contributed by atoms with Crippen LogP contribution in [0, 0.1) is 0 Å². The highest BCUT2D eigenvalue weighted by Crippen LogP contribution is 2.40. The fraction of sp³-hybridized carbons (Fsp3) is 0.440. The van der Waals surface area contributed by atoms with Gasteiger partial charge in [0.2, 0.25) is 5.91 Å². The van der Waals surface area contributed by atoms with Crippen molar-refractivity contribution in [2.75, 3.05) is 13.2 Å². The lowest BCUT2D eigenvalue weighted by Gasteiger charge is -2.11. The Morgan fingerprint density at radius 2 is 2.07 bits per heavy atom. The van der Waals surface area contributed by atoms with Crippen LogP contribution in [0.15, 0.2) is 46.9 Å². The molecule has 0 spiro atoms. The molecule has 1 N–H and O–H groups in total. The van der Waals surface area contributed by atoms with E-state index >= 15 is 0 Å². The molecule has 1 amide bonds. The van der Waals surface area contributed by atoms with Gasteiger partial charge in [0.15, 0.2) is 11.5 Å². The van der Waals surface area contributed by atoms with Crippen LogP contribution >= 0.6 is 0 Å². The molecule has 1 aromatic heterocycles. The molecule has 0 bridgehead atoms. The number of carbonyl (C=O) groups is 1. The Bertz CT molecular complexity index is 981. The van der Waals surface area contributed by atoms with Gasteiger partial charge in [0.1, 0.15) is 5.52 Å². The maximum atomic E-state index is 11.2. The minimum atomic E-state index is 0.0288. The molecular formula is C25H30N2O3. The molecule has 1 aliphatic rings. The monoisotopic (exact) mass is 406 g/mol. The van der Waals surface area contributed by atoms with Gasteiger partial charge < -0.3 is 14.5 Å². The number of rotatable bonds is 10. The van der Waals surface area contributed by atoms with Crippen molar-refractivity contribution >= 4 is 17.0 Å². The van der Waals surface area contributed by atoms with Gasteiger partial charge in [-0.2, -0.15) is 0 Å². The van der Waals surface area contributed by atoms with E-state index in [-0.39, 0.29) is 5.91 Å². The summed E-state index contributed by atoms with van der Waals surface area (Å²) in [4.78, 5) is 15.9. The highest BCUT2D eigenvalue weighted by molar-refractivity contribution is 5.79. The summed E-state index contributed by atoms with van der Waals surface area (Å²) in [5.41, 5.74) is 5.79. The van der Waals surface area contributed by atoms with Crippen molar-refractivity contribution < 1.29 is 13.9 Å². The number of nitrogens with zero attached hydrogens (tertiary/aromatic N) is 1. The molecule has 158 valence electrons. The Labute approximate surface area is 177 Å². The molecule has 5 heteroatoms. The van der Waals surface area contributed by atoms with Crippen molar-refractivity contribution in [2.24, 2.45) is 0 Å². The first kappa shape index (κ1) is 20.6. The maximum Gasteiger partial charge on any atom is 0.216 e. The first-order valence-electron chi connectivity index (χ1n) is 11.0. The van der Waals surface area contributed by atoms with E-state index in [1.165, 1.54) is 16.7 Å². The number of hydrogen-bond donors (Lipinski definition) is 1. The van der Waals surface area contributed by atoms with Crippen LogP contribution in [0.1, 0.15) is 61.1 Å². The molecule has 0 saturated heterocycles. The number of aryl methyl sites for hydroxylation is 2. The molecule has 1 unspecified atom stereocenters. The predicted octanol–water partition coefficient (Wildman–Crippen LogP) is 4.92. The maximum absolute atomic E-state index is 11.2. The lowest BCUT2D eigenvalue weighted by atomic mass is 9.97. The molecule has 1 heterocycles. The van der Waals surface area contributed by atoms with Gasteiger partial charge in [-0.05, 0) is 55.2 Å². The largest absolute Gasteiger partial charge is 0.440 e. The van der Waals surface area contributed by atoms with Gasteiger partial charge in [-0.25, -0.2) is 4.98 Å². The van der Waals surface area contributed by atoms with Gasteiger partial charge >= 0.3 is 0 Å². The van der Waals surface area contributed by atoms with Crippen LogP contribution in [0.3, 0.4) is 0 Å². The first-order valence-corrected chi connectivity index (χ1v) is 11.0. The van der Waals surface area contributed by atoms with E-state index in [1.807, 2.05) is 18.2 Å². The van der Waals surface area contributed by atoms with E-state index in [0.29, 0.717) is 19.1 Å². The summed E-state index contributed by atoms with van der Waals surface area (Å²) in [7, 11) is 0. The zero-order valence-corrected chi connectivity index (χ0v) is 17.7. The number of oxazole rings is 1. The van der Waals surface area contributed by atoms with E-state index in [4.69, 9.17) is 14.1 Å². The number of unbranched alkanes of at least 4 members (excludes halogenated alkanes) is 1. The lowest BCUT2D eigenvalue weighted by molar-refractivity contribution is -0.118. The number of ether oxygens (including phenoxy) is 1. The SMILES string of the molecule is CC(=O)NCCC1CCc2ccc3nc(CCCCOCc4ccccc4)oc3c21. The second-order valence-corrected chi connectivity index (χ2v) is 8.10. The van der Waals surface area contributed by atoms with Gasteiger partial charge in [-0.3, -0.25) is 4.79 Å². The third kappa shape index (κ3) is 5.08. The Balaban J connectivity index is 1.30. The Kier molecular flexibility index (Phi) is 6.80. The molecule has 0 radical (unpaired) electrons. The predicted molar refractivity (Wildman–Crippen MR) is 117 cm³/mol. The van der Waals surface area contributed by atoms with Crippen LogP contribution in [0.4, 0.5) is 0 Å². The molecule has 0 saturated carbocycles. The third-order valence-corrected chi connectivity index (χ3v) is 5.81. The fourth-order valence-corrected chi connectivity index (χ4v) is 4.30. The third-order valence-electron chi connectivity index (χ3n) is 5.81. The van der Waals surface area contributed by atoms with Crippen LogP contribution in [0.2, 0.25) is 0 Å². The molecular weight excluding hydrogens is 376 g/mol. The van der Waals surface area contributed by atoms with E-state index in [2.05, 4.69) is 29.6 Å². The smallest absolute Gasteiger partial charge is 0.216 e. The van der Waals surface area contributed by atoms with E-state index in [1.54, 1.807) is 6.92 Å². The van der Waals surface area contributed by atoms with Crippen LogP contribution in [-0.2, 0) is 29.0 Å². The molecule has 4 rings (SSSR count). The van der Waals surface area contributed by atoms with Crippen molar-refractivity contribution in [2.45, 2.75) is 58.0 Å². The number of hydrogen-bond acceptors (Lipinski definition) is 4. The number of nitrogens with one attached hydrogen (secondary N) is 1. The van der Waals surface area contributed by atoms with E-state index in [9.17, 15) is 4.79 Å². The van der Waals surface area contributed by atoms with Gasteiger partial charge in [0.25, 0.3) is 0 Å². The summed E-state index contributed by atoms with van der Waals surface area (Å²) in [6.45, 7) is 3.68. The Morgan fingerprint density at radius 1 is 1.20 bits per heavy atom. The molecule has 3 aromatic rings. The average molecular weight is 407 g/mol. The molecule has 1 aliphatic carbocycles. The normalized spacial score (nSPS) is 15.4. The zero-order chi connectivity index (χ0) is 20.8. The second kappa shape index (κ2) is 9.90.